The van der Waals surface area contributed by atoms with Crippen molar-refractivity contribution in [3.05, 3.63) is 70.8 Å². The van der Waals surface area contributed by atoms with Gasteiger partial charge in [-0.1, -0.05) is 60.1 Å². The third kappa shape index (κ3) is 3.67. The fourth-order valence-electron chi connectivity index (χ4n) is 2.96. The van der Waals surface area contributed by atoms with Crippen molar-refractivity contribution in [3.8, 4) is 11.1 Å². The number of amides is 1. The van der Waals surface area contributed by atoms with Crippen LogP contribution < -0.4 is 5.32 Å². The van der Waals surface area contributed by atoms with Gasteiger partial charge in [0.1, 0.15) is 11.6 Å². The fraction of sp³-hybridized carbons (Fsp3) is 0.158. The number of alkyl carbamates (subject to hydrolysis) is 1. The highest BCUT2D eigenvalue weighted by atomic mass is 35.5. The van der Waals surface area contributed by atoms with E-state index in [4.69, 9.17) is 21.4 Å². The van der Waals surface area contributed by atoms with E-state index in [0.717, 1.165) is 22.3 Å². The number of carboxylic acid groups (broad SMARTS) is 1. The van der Waals surface area contributed by atoms with Crippen molar-refractivity contribution in [3.63, 3.8) is 0 Å². The molecule has 0 radical (unpaired) electrons. The van der Waals surface area contributed by atoms with Gasteiger partial charge in [0.25, 0.3) is 0 Å². The second-order valence-electron chi connectivity index (χ2n) is 5.56. The minimum absolute atomic E-state index is 0.0121. The Bertz CT molecular complexity index is 801. The minimum Gasteiger partial charge on any atom is -0.477 e. The first-order valence-corrected chi connectivity index (χ1v) is 8.13. The van der Waals surface area contributed by atoms with Gasteiger partial charge in [0.2, 0.25) is 0 Å². The highest BCUT2D eigenvalue weighted by Crippen LogP contribution is 2.44. The molecule has 5 nitrogen and oxygen atoms in total. The Labute approximate surface area is 149 Å². The van der Waals surface area contributed by atoms with Crippen LogP contribution in [0.3, 0.4) is 0 Å². The number of hydrogen-bond acceptors (Lipinski definition) is 3. The number of fused-ring (bicyclic) bond motifs is 3. The summed E-state index contributed by atoms with van der Waals surface area (Å²) in [6.45, 7) is 0.193. The summed E-state index contributed by atoms with van der Waals surface area (Å²) in [6.07, 6.45) is 0.582. The van der Waals surface area contributed by atoms with E-state index in [-0.39, 0.29) is 24.1 Å². The lowest BCUT2D eigenvalue weighted by molar-refractivity contribution is -0.131. The van der Waals surface area contributed by atoms with E-state index in [9.17, 15) is 9.59 Å². The van der Waals surface area contributed by atoms with Gasteiger partial charge >= 0.3 is 12.1 Å². The molecule has 0 aromatic heterocycles. The van der Waals surface area contributed by atoms with E-state index in [2.05, 4.69) is 17.4 Å². The quantitative estimate of drug-likeness (QED) is 0.799. The van der Waals surface area contributed by atoms with Crippen molar-refractivity contribution < 1.29 is 19.4 Å². The zero-order valence-electron chi connectivity index (χ0n) is 13.2. The molecule has 1 aliphatic rings. The summed E-state index contributed by atoms with van der Waals surface area (Å²) in [5.41, 5.74) is 4.57. The van der Waals surface area contributed by atoms with E-state index in [1.807, 2.05) is 36.4 Å². The number of halogens is 1. The van der Waals surface area contributed by atoms with Crippen LogP contribution in [0, 0.1) is 0 Å². The number of carbonyl (C=O) groups is 2. The Balaban J connectivity index is 1.65. The van der Waals surface area contributed by atoms with Gasteiger partial charge in [-0.05, 0) is 28.3 Å². The second kappa shape index (κ2) is 7.40. The van der Waals surface area contributed by atoms with Crippen molar-refractivity contribution in [1.29, 1.82) is 0 Å². The molecule has 2 N–H and O–H groups in total. The molecule has 0 fully saturated rings. The van der Waals surface area contributed by atoms with Gasteiger partial charge in [0, 0.05) is 12.5 Å². The van der Waals surface area contributed by atoms with Crippen LogP contribution in [0.25, 0.3) is 11.1 Å². The normalized spacial score (nSPS) is 13.1. The first kappa shape index (κ1) is 17.0. The highest BCUT2D eigenvalue weighted by molar-refractivity contribution is 6.40. The van der Waals surface area contributed by atoms with Crippen LogP contribution in [-0.4, -0.2) is 30.3 Å². The van der Waals surface area contributed by atoms with E-state index in [1.54, 1.807) is 0 Å². The van der Waals surface area contributed by atoms with Crippen molar-refractivity contribution in [2.75, 3.05) is 13.2 Å². The molecule has 25 heavy (non-hydrogen) atoms. The third-order valence-corrected chi connectivity index (χ3v) is 4.39. The third-order valence-electron chi connectivity index (χ3n) is 4.08. The van der Waals surface area contributed by atoms with Gasteiger partial charge in [0.05, 0.1) is 0 Å². The monoisotopic (exact) mass is 357 g/mol. The Kier molecular flexibility index (Phi) is 5.05. The Hall–Kier alpha value is -2.79. The molecule has 0 unspecified atom stereocenters. The summed E-state index contributed by atoms with van der Waals surface area (Å²) < 4.78 is 5.31. The molecule has 0 atom stereocenters. The number of benzene rings is 2. The maximum Gasteiger partial charge on any atom is 0.407 e. The summed E-state index contributed by atoms with van der Waals surface area (Å²) in [5.74, 6) is -1.26. The van der Waals surface area contributed by atoms with Crippen molar-refractivity contribution in [2.24, 2.45) is 0 Å². The molecule has 6 heteroatoms. The molecular formula is C19H16ClNO4. The summed E-state index contributed by atoms with van der Waals surface area (Å²) >= 11 is 5.46. The molecule has 1 amide bonds. The van der Waals surface area contributed by atoms with Crippen LogP contribution in [0.2, 0.25) is 0 Å². The lowest BCUT2D eigenvalue weighted by Crippen LogP contribution is -2.26. The summed E-state index contributed by atoms with van der Waals surface area (Å²) in [4.78, 5) is 22.4. The van der Waals surface area contributed by atoms with Crippen molar-refractivity contribution >= 4 is 23.7 Å². The fourth-order valence-corrected chi connectivity index (χ4v) is 3.04. The van der Waals surface area contributed by atoms with Crippen LogP contribution in [0.15, 0.2) is 59.6 Å². The molecule has 0 saturated carbocycles. The molecule has 3 rings (SSSR count). The van der Waals surface area contributed by atoms with Gasteiger partial charge in [0.15, 0.2) is 0 Å². The zero-order valence-corrected chi connectivity index (χ0v) is 14.0. The predicted molar refractivity (Wildman–Crippen MR) is 94.6 cm³/mol. The van der Waals surface area contributed by atoms with E-state index in [1.165, 1.54) is 6.08 Å². The smallest absolute Gasteiger partial charge is 0.407 e. The molecule has 0 saturated heterocycles. The maximum absolute atomic E-state index is 11.8. The molecular weight excluding hydrogens is 342 g/mol. The van der Waals surface area contributed by atoms with Gasteiger partial charge < -0.3 is 15.2 Å². The molecule has 0 bridgehead atoms. The minimum atomic E-state index is -1.24. The van der Waals surface area contributed by atoms with Crippen LogP contribution in [0.1, 0.15) is 17.0 Å². The predicted octanol–water partition coefficient (Wildman–Crippen LogP) is 3.73. The average Bonchev–Trinajstić information content (AvgIpc) is 2.94. The van der Waals surface area contributed by atoms with E-state index in [0.29, 0.717) is 0 Å². The largest absolute Gasteiger partial charge is 0.477 e. The number of ether oxygens (including phenoxy) is 1. The zero-order chi connectivity index (χ0) is 17.8. The summed E-state index contributed by atoms with van der Waals surface area (Å²) in [7, 11) is 0. The number of nitrogens with one attached hydrogen (secondary N) is 1. The molecule has 0 heterocycles. The molecule has 2 aromatic rings. The maximum atomic E-state index is 11.8. The van der Waals surface area contributed by atoms with Crippen LogP contribution >= 0.6 is 11.6 Å². The standard InChI is InChI=1S/C19H16ClNO4/c20-17(18(22)23)9-10-21-19(24)25-11-16-14-7-3-1-5-12(14)13-6-2-4-8-15(13)16/h1-9,16H,10-11H2,(H,21,24)(H,22,23)/b17-9-. The van der Waals surface area contributed by atoms with Crippen LogP contribution in [0.5, 0.6) is 0 Å². The van der Waals surface area contributed by atoms with Gasteiger partial charge in [-0.25, -0.2) is 9.59 Å². The highest BCUT2D eigenvalue weighted by Gasteiger charge is 2.28. The van der Waals surface area contributed by atoms with Crippen molar-refractivity contribution in [2.45, 2.75) is 5.92 Å². The lowest BCUT2D eigenvalue weighted by atomic mass is 9.98. The average molecular weight is 358 g/mol. The van der Waals surface area contributed by atoms with E-state index >= 15 is 0 Å². The van der Waals surface area contributed by atoms with Gasteiger partial charge in [-0.2, -0.15) is 0 Å². The molecule has 0 aliphatic heterocycles. The molecule has 128 valence electrons. The topological polar surface area (TPSA) is 75.6 Å². The number of carbonyl (C=O) groups excluding carboxylic acids is 1. The second-order valence-corrected chi connectivity index (χ2v) is 5.97. The number of carboxylic acids is 1. The number of aliphatic carboxylic acids is 1. The summed E-state index contributed by atoms with van der Waals surface area (Å²) in [5, 5.41) is 10.7. The molecule has 2 aromatic carbocycles. The number of rotatable bonds is 5. The van der Waals surface area contributed by atoms with Gasteiger partial charge in [-0.3, -0.25) is 0 Å². The lowest BCUT2D eigenvalue weighted by Gasteiger charge is -2.14. The van der Waals surface area contributed by atoms with Gasteiger partial charge in [-0.15, -0.1) is 0 Å². The van der Waals surface area contributed by atoms with Crippen LogP contribution in [0.4, 0.5) is 4.79 Å². The van der Waals surface area contributed by atoms with E-state index < -0.39 is 12.1 Å². The molecule has 1 aliphatic carbocycles. The van der Waals surface area contributed by atoms with Crippen molar-refractivity contribution in [1.82, 2.24) is 5.32 Å². The first-order valence-electron chi connectivity index (χ1n) is 7.75. The first-order chi connectivity index (χ1) is 12.1. The SMILES string of the molecule is O=C(NC/C=C(\Cl)C(=O)O)OCC1c2ccccc2-c2ccccc21. The summed E-state index contributed by atoms with van der Waals surface area (Å²) in [6, 6.07) is 16.1. The Morgan fingerprint density at radius 1 is 1.08 bits per heavy atom. The Morgan fingerprint density at radius 3 is 2.20 bits per heavy atom. The molecule has 0 spiro atoms. The van der Waals surface area contributed by atoms with Crippen LogP contribution in [-0.2, 0) is 9.53 Å². The Morgan fingerprint density at radius 2 is 1.64 bits per heavy atom. The number of hydrogen-bond donors (Lipinski definition) is 2.